The van der Waals surface area contributed by atoms with Crippen LogP contribution in [0.4, 0.5) is 0 Å². The minimum Gasteiger partial charge on any atom is -0.388 e. The zero-order chi connectivity index (χ0) is 10.7. The van der Waals surface area contributed by atoms with Crippen molar-refractivity contribution in [3.63, 3.8) is 0 Å². The van der Waals surface area contributed by atoms with Crippen LogP contribution in [0.3, 0.4) is 0 Å². The van der Waals surface area contributed by atoms with Crippen LogP contribution in [0.5, 0.6) is 0 Å². The van der Waals surface area contributed by atoms with E-state index in [1.165, 1.54) is 6.92 Å². The minimum atomic E-state index is -1.75. The van der Waals surface area contributed by atoms with E-state index in [-0.39, 0.29) is 26.3 Å². The zero-order valence-electron chi connectivity index (χ0n) is 6.24. The van der Waals surface area contributed by atoms with E-state index in [0.29, 0.717) is 0 Å². The Morgan fingerprint density at radius 3 is 1.15 bits per heavy atom. The zero-order valence-corrected chi connectivity index (χ0v) is 7.79. The first-order valence-electron chi connectivity index (χ1n) is 2.13. The van der Waals surface area contributed by atoms with Gasteiger partial charge in [0.05, 0.1) is 16.0 Å². The van der Waals surface area contributed by atoms with Crippen LogP contribution in [0, 0.1) is 36.1 Å². The molecule has 0 heterocycles. The van der Waals surface area contributed by atoms with Gasteiger partial charge in [0.1, 0.15) is 0 Å². The molecule has 10 nitrogen and oxygen atoms in total. The van der Waals surface area contributed by atoms with Crippen LogP contribution < -0.4 is 5.73 Å². The summed E-state index contributed by atoms with van der Waals surface area (Å²) in [5.41, 5.74) is 4.69. The number of hydrogen-bond acceptors (Lipinski definition) is 7. The molecule has 0 radical (unpaired) electrons. The number of nitrogens with two attached hydrogens (primary N) is 1. The molecule has 0 spiro atoms. The summed E-state index contributed by atoms with van der Waals surface area (Å²) >= 11 is 0. The quantitative estimate of drug-likeness (QED) is 0.197. The van der Waals surface area contributed by atoms with Crippen molar-refractivity contribution in [3.8, 4) is 0 Å². The fraction of sp³-hybridized carbons (Fsp3) is 0.500. The summed E-state index contributed by atoms with van der Waals surface area (Å²) in [6.07, 6.45) is 0. The SMILES string of the molecule is CC(=N)N.O=[N+]([O-])[O-].O=[N+]([O-])[O-].[Pd+2]. The molecule has 0 saturated carbocycles. The van der Waals surface area contributed by atoms with Crippen molar-refractivity contribution < 1.29 is 30.6 Å². The van der Waals surface area contributed by atoms with E-state index < -0.39 is 10.2 Å². The van der Waals surface area contributed by atoms with Gasteiger partial charge in [0.2, 0.25) is 0 Å². The van der Waals surface area contributed by atoms with Crippen LogP contribution >= 0.6 is 0 Å². The molecule has 0 bridgehead atoms. The summed E-state index contributed by atoms with van der Waals surface area (Å²) in [6, 6.07) is 0. The molecule has 0 atom stereocenters. The number of rotatable bonds is 0. The molecule has 3 N–H and O–H groups in total. The molecule has 0 aromatic carbocycles. The van der Waals surface area contributed by atoms with Crippen molar-refractivity contribution in [3.05, 3.63) is 30.6 Å². The molecule has 0 saturated heterocycles. The maximum Gasteiger partial charge on any atom is 2.00 e. The van der Waals surface area contributed by atoms with Gasteiger partial charge in [-0.3, -0.25) is 5.41 Å². The number of amidine groups is 1. The third kappa shape index (κ3) is 356. The predicted molar refractivity (Wildman–Crippen MR) is 38.3 cm³/mol. The summed E-state index contributed by atoms with van der Waals surface area (Å²) < 4.78 is 0. The van der Waals surface area contributed by atoms with Crippen molar-refractivity contribution in [1.82, 2.24) is 0 Å². The van der Waals surface area contributed by atoms with Crippen LogP contribution in [-0.4, -0.2) is 16.0 Å². The standard InChI is InChI=1S/C2H6N2.2NO3.Pd/c1-2(3)4;2*2-1(3)4;/h1H3,(H3,3,4);;;/q;2*-1;+2. The van der Waals surface area contributed by atoms with Gasteiger partial charge in [-0.15, -0.1) is 0 Å². The average Bonchev–Trinajstić information content (AvgIpc) is 1.54. The fourth-order valence-corrected chi connectivity index (χ4v) is 0. The number of nitrogens with one attached hydrogen (secondary N) is 1. The largest absolute Gasteiger partial charge is 2.00 e. The molecule has 0 amide bonds. The Labute approximate surface area is 85.7 Å². The second-order valence-corrected chi connectivity index (χ2v) is 1.13. The first-order chi connectivity index (χ1) is 5.20. The van der Waals surface area contributed by atoms with Crippen LogP contribution in [-0.2, 0) is 20.4 Å². The predicted octanol–water partition coefficient (Wildman–Crippen LogP) is -0.538. The second-order valence-electron chi connectivity index (χ2n) is 1.13. The fourth-order valence-electron chi connectivity index (χ4n) is 0. The number of nitrogens with zero attached hydrogens (tertiary/aromatic N) is 2. The topological polar surface area (TPSA) is 182 Å². The van der Waals surface area contributed by atoms with Gasteiger partial charge in [-0.25, -0.2) is 0 Å². The van der Waals surface area contributed by atoms with Crippen LogP contribution in [0.15, 0.2) is 0 Å². The first kappa shape index (κ1) is 22.5. The summed E-state index contributed by atoms with van der Waals surface area (Å²) in [6.45, 7) is 1.53. The van der Waals surface area contributed by atoms with Gasteiger partial charge in [0.15, 0.2) is 0 Å². The van der Waals surface area contributed by atoms with Crippen LogP contribution in [0.2, 0.25) is 0 Å². The summed E-state index contributed by atoms with van der Waals surface area (Å²) in [5, 5.41) is 35.8. The molecule has 0 fully saturated rings. The van der Waals surface area contributed by atoms with E-state index >= 15 is 0 Å². The maximum atomic E-state index is 8.25. The van der Waals surface area contributed by atoms with Gasteiger partial charge < -0.3 is 36.4 Å². The Balaban J connectivity index is -0.0000000450. The van der Waals surface area contributed by atoms with E-state index in [1.807, 2.05) is 0 Å². The molecule has 0 aromatic rings. The molecule has 0 rings (SSSR count). The minimum absolute atomic E-state index is 0. The third-order valence-corrected chi connectivity index (χ3v) is 0. The second kappa shape index (κ2) is 16.9. The maximum absolute atomic E-state index is 8.25. The van der Waals surface area contributed by atoms with Crippen LogP contribution in [0.1, 0.15) is 6.92 Å². The van der Waals surface area contributed by atoms with E-state index in [9.17, 15) is 0 Å². The molecule has 0 aromatic heterocycles. The van der Waals surface area contributed by atoms with E-state index in [2.05, 4.69) is 0 Å². The van der Waals surface area contributed by atoms with E-state index in [1.54, 1.807) is 0 Å². The molecule has 80 valence electrons. The smallest absolute Gasteiger partial charge is 0.388 e. The number of hydrogen-bond donors (Lipinski definition) is 2. The van der Waals surface area contributed by atoms with Crippen molar-refractivity contribution in [2.24, 2.45) is 5.73 Å². The molecule has 0 aliphatic heterocycles. The Bertz CT molecular complexity index is 120. The molecular formula is C2H6N4O6Pd. The van der Waals surface area contributed by atoms with Gasteiger partial charge in [-0.05, 0) is 6.92 Å². The molecule has 11 heteroatoms. The van der Waals surface area contributed by atoms with E-state index in [4.69, 9.17) is 41.8 Å². The normalized spacial score (nSPS) is 5.62. The summed E-state index contributed by atoms with van der Waals surface area (Å²) in [5.74, 6) is 0.167. The Kier molecular flexibility index (Phi) is 29.3. The summed E-state index contributed by atoms with van der Waals surface area (Å²) in [4.78, 5) is 16.5. The van der Waals surface area contributed by atoms with Gasteiger partial charge in [-0.1, -0.05) is 0 Å². The van der Waals surface area contributed by atoms with Crippen molar-refractivity contribution in [1.29, 1.82) is 5.41 Å². The first-order valence-corrected chi connectivity index (χ1v) is 2.13. The van der Waals surface area contributed by atoms with Gasteiger partial charge >= 0.3 is 20.4 Å². The van der Waals surface area contributed by atoms with Crippen molar-refractivity contribution >= 4 is 5.84 Å². The van der Waals surface area contributed by atoms with Crippen LogP contribution in [0.25, 0.3) is 0 Å². The third-order valence-electron chi connectivity index (χ3n) is 0. The average molecular weight is 289 g/mol. The van der Waals surface area contributed by atoms with Gasteiger partial charge in [0, 0.05) is 0 Å². The Morgan fingerprint density at radius 2 is 1.15 bits per heavy atom. The van der Waals surface area contributed by atoms with E-state index in [0.717, 1.165) is 0 Å². The van der Waals surface area contributed by atoms with Crippen molar-refractivity contribution in [2.75, 3.05) is 0 Å². The molecule has 0 aliphatic carbocycles. The monoisotopic (exact) mass is 288 g/mol. The van der Waals surface area contributed by atoms with Crippen molar-refractivity contribution in [2.45, 2.75) is 6.92 Å². The van der Waals surface area contributed by atoms with Gasteiger partial charge in [0.25, 0.3) is 0 Å². The molecule has 13 heavy (non-hydrogen) atoms. The molecule has 0 aliphatic rings. The van der Waals surface area contributed by atoms with Gasteiger partial charge in [-0.2, -0.15) is 0 Å². The molecular weight excluding hydrogens is 282 g/mol. The molecule has 0 unspecified atom stereocenters. The Morgan fingerprint density at radius 1 is 1.15 bits per heavy atom. The summed E-state index contributed by atoms with van der Waals surface area (Å²) in [7, 11) is 0. The Hall–Kier alpha value is -1.47.